The molecule has 3 N–H and O–H groups in total. The fourth-order valence-corrected chi connectivity index (χ4v) is 3.77. The third kappa shape index (κ3) is 4.90. The first kappa shape index (κ1) is 20.8. The van der Waals surface area contributed by atoms with Crippen molar-refractivity contribution < 1.29 is 0 Å². The zero-order valence-electron chi connectivity index (χ0n) is 17.2. The Labute approximate surface area is 173 Å². The number of thiocarbonyl (C=S) groups is 1. The molecule has 6 nitrogen and oxygen atoms in total. The maximum Gasteiger partial charge on any atom is 0.173 e. The molecule has 0 aliphatic carbocycles. The number of nitrogens with zero attached hydrogens (tertiary/aromatic N) is 4. The van der Waals surface area contributed by atoms with Gasteiger partial charge >= 0.3 is 0 Å². The van der Waals surface area contributed by atoms with Crippen LogP contribution in [-0.4, -0.2) is 72.8 Å². The lowest BCUT2D eigenvalue weighted by Crippen LogP contribution is -2.46. The van der Waals surface area contributed by atoms with Gasteiger partial charge in [-0.2, -0.15) is 0 Å². The van der Waals surface area contributed by atoms with Gasteiger partial charge in [-0.25, -0.2) is 4.98 Å². The largest absolute Gasteiger partial charge is 0.354 e. The Morgan fingerprint density at radius 1 is 1.25 bits per heavy atom. The maximum atomic E-state index is 5.59. The molecule has 0 unspecified atom stereocenters. The molecule has 0 radical (unpaired) electrons. The maximum absolute atomic E-state index is 5.59. The minimum absolute atomic E-state index is 0.670. The van der Waals surface area contributed by atoms with E-state index in [2.05, 4.69) is 53.2 Å². The molecule has 3 rings (SSSR count). The molecule has 2 heterocycles. The number of nitrogens with two attached hydrogens (primary N) is 1. The summed E-state index contributed by atoms with van der Waals surface area (Å²) in [5.41, 5.74) is 8.85. The van der Waals surface area contributed by atoms with Crippen molar-refractivity contribution in [1.29, 1.82) is 0 Å². The molecular formula is C21H32N6S. The van der Waals surface area contributed by atoms with Crippen LogP contribution in [0.25, 0.3) is 10.9 Å². The second-order valence-corrected chi connectivity index (χ2v) is 7.83. The summed E-state index contributed by atoms with van der Waals surface area (Å²) in [7, 11) is 1.99. The van der Waals surface area contributed by atoms with Crippen molar-refractivity contribution in [2.75, 3.05) is 63.1 Å². The lowest BCUT2D eigenvalue weighted by atomic mass is 10.1. The van der Waals surface area contributed by atoms with E-state index in [9.17, 15) is 0 Å². The summed E-state index contributed by atoms with van der Waals surface area (Å²) in [5, 5.41) is 5.20. The molecule has 0 saturated carbocycles. The smallest absolute Gasteiger partial charge is 0.173 e. The predicted molar refractivity (Wildman–Crippen MR) is 123 cm³/mol. The molecule has 1 aliphatic rings. The average molecular weight is 401 g/mol. The monoisotopic (exact) mass is 400 g/mol. The number of piperazine rings is 1. The van der Waals surface area contributed by atoms with Crippen LogP contribution in [0.15, 0.2) is 24.3 Å². The number of anilines is 2. The Bertz CT molecular complexity index is 816. The highest BCUT2D eigenvalue weighted by atomic mass is 32.1. The summed E-state index contributed by atoms with van der Waals surface area (Å²) < 4.78 is 0. The molecule has 0 spiro atoms. The van der Waals surface area contributed by atoms with Crippen molar-refractivity contribution in [2.24, 2.45) is 5.73 Å². The number of hydrogen-bond donors (Lipinski definition) is 2. The van der Waals surface area contributed by atoms with Gasteiger partial charge in [0.15, 0.2) is 5.11 Å². The third-order valence-corrected chi connectivity index (χ3v) is 5.85. The lowest BCUT2D eigenvalue weighted by molar-refractivity contribution is 0.270. The minimum atomic E-state index is 0.670. The van der Waals surface area contributed by atoms with Crippen LogP contribution >= 0.6 is 12.2 Å². The molecule has 1 fully saturated rings. The number of nitrogens with one attached hydrogen (secondary N) is 1. The number of aryl methyl sites for hydroxylation is 1. The van der Waals surface area contributed by atoms with Crippen LogP contribution in [0.5, 0.6) is 0 Å². The van der Waals surface area contributed by atoms with Gasteiger partial charge in [-0.1, -0.05) is 6.92 Å². The molecule has 7 heteroatoms. The summed E-state index contributed by atoms with van der Waals surface area (Å²) in [6.45, 7) is 11.3. The summed E-state index contributed by atoms with van der Waals surface area (Å²) in [6, 6.07) is 8.48. The fourth-order valence-electron chi connectivity index (χ4n) is 3.56. The van der Waals surface area contributed by atoms with E-state index in [1.165, 1.54) is 5.56 Å². The molecule has 0 amide bonds. The molecule has 152 valence electrons. The Hall–Kier alpha value is -1.96. The highest BCUT2D eigenvalue weighted by Gasteiger charge is 2.18. The molecule has 28 heavy (non-hydrogen) atoms. The number of rotatable bonds is 6. The van der Waals surface area contributed by atoms with Gasteiger partial charge < -0.3 is 25.8 Å². The van der Waals surface area contributed by atoms with Crippen LogP contribution < -0.4 is 16.0 Å². The van der Waals surface area contributed by atoms with Crippen LogP contribution in [0.1, 0.15) is 18.9 Å². The van der Waals surface area contributed by atoms with Crippen LogP contribution in [0.4, 0.5) is 11.5 Å². The number of aromatic nitrogens is 1. The van der Waals surface area contributed by atoms with Crippen LogP contribution in [0.3, 0.4) is 0 Å². The van der Waals surface area contributed by atoms with Crippen LogP contribution in [0.2, 0.25) is 0 Å². The van der Waals surface area contributed by atoms with E-state index in [0.29, 0.717) is 11.7 Å². The van der Waals surface area contributed by atoms with E-state index in [1.54, 1.807) is 0 Å². The van der Waals surface area contributed by atoms with Gasteiger partial charge in [0.25, 0.3) is 0 Å². The highest BCUT2D eigenvalue weighted by molar-refractivity contribution is 7.80. The Kier molecular flexibility index (Phi) is 7.04. The zero-order valence-corrected chi connectivity index (χ0v) is 18.1. The first-order chi connectivity index (χ1) is 13.5. The van der Waals surface area contributed by atoms with E-state index >= 15 is 0 Å². The number of hydrogen-bond acceptors (Lipinski definition) is 5. The highest BCUT2D eigenvalue weighted by Crippen LogP contribution is 2.26. The van der Waals surface area contributed by atoms with Gasteiger partial charge in [0.1, 0.15) is 5.82 Å². The summed E-state index contributed by atoms with van der Waals surface area (Å²) in [5.74, 6) is 1.08. The van der Waals surface area contributed by atoms with Crippen molar-refractivity contribution in [3.8, 4) is 0 Å². The normalized spacial score (nSPS) is 15.1. The number of benzene rings is 1. The first-order valence-corrected chi connectivity index (χ1v) is 10.5. The van der Waals surface area contributed by atoms with E-state index < -0.39 is 0 Å². The molecule has 0 atom stereocenters. The van der Waals surface area contributed by atoms with Gasteiger partial charge in [0, 0.05) is 50.8 Å². The molecule has 2 aromatic rings. The first-order valence-electron chi connectivity index (χ1n) is 10.1. The van der Waals surface area contributed by atoms with Gasteiger partial charge in [-0.3, -0.25) is 0 Å². The van der Waals surface area contributed by atoms with Crippen molar-refractivity contribution in [1.82, 2.24) is 14.8 Å². The Balaban J connectivity index is 1.74. The van der Waals surface area contributed by atoms with E-state index in [-0.39, 0.29) is 0 Å². The zero-order chi connectivity index (χ0) is 20.1. The number of fused-ring (bicyclic) bond motifs is 1. The van der Waals surface area contributed by atoms with E-state index in [4.69, 9.17) is 22.9 Å². The van der Waals surface area contributed by atoms with Gasteiger partial charge in [0.2, 0.25) is 0 Å². The number of pyridine rings is 1. The van der Waals surface area contributed by atoms with Crippen molar-refractivity contribution in [2.45, 2.75) is 20.3 Å². The van der Waals surface area contributed by atoms with Crippen molar-refractivity contribution in [3.05, 3.63) is 29.8 Å². The van der Waals surface area contributed by atoms with Crippen LogP contribution in [0, 0.1) is 6.92 Å². The molecule has 1 saturated heterocycles. The SMILES string of the molecule is CCN1CCN(c2cc(C)c3cc(NC(=S)N(C)CCCN)ccc3n2)CC1. The van der Waals surface area contributed by atoms with Gasteiger partial charge in [-0.05, 0) is 68.5 Å². The Morgan fingerprint density at radius 2 is 2.00 bits per heavy atom. The quantitative estimate of drug-likeness (QED) is 0.723. The molecule has 1 aromatic heterocycles. The second kappa shape index (κ2) is 9.49. The van der Waals surface area contributed by atoms with Gasteiger partial charge in [0.05, 0.1) is 5.52 Å². The predicted octanol–water partition coefficient (Wildman–Crippen LogP) is 2.66. The standard InChI is InChI=1S/C21H32N6S/c1-4-26-10-12-27(13-11-26)20-14-16(2)18-15-17(6-7-19(18)24-20)23-21(28)25(3)9-5-8-22/h6-7,14-15H,4-5,8-13,22H2,1-3H3,(H,23,28). The summed E-state index contributed by atoms with van der Waals surface area (Å²) in [6.07, 6.45) is 0.925. The van der Waals surface area contributed by atoms with Crippen molar-refractivity contribution in [3.63, 3.8) is 0 Å². The summed E-state index contributed by atoms with van der Waals surface area (Å²) in [4.78, 5) is 11.8. The lowest BCUT2D eigenvalue weighted by Gasteiger charge is -2.35. The fraction of sp³-hybridized carbons (Fsp3) is 0.524. The third-order valence-electron chi connectivity index (χ3n) is 5.44. The summed E-state index contributed by atoms with van der Waals surface area (Å²) >= 11 is 5.50. The average Bonchev–Trinajstić information content (AvgIpc) is 2.72. The number of likely N-dealkylation sites (N-methyl/N-ethyl adjacent to an activating group) is 1. The Morgan fingerprint density at radius 3 is 2.68 bits per heavy atom. The second-order valence-electron chi connectivity index (χ2n) is 7.44. The minimum Gasteiger partial charge on any atom is -0.354 e. The molecular weight excluding hydrogens is 368 g/mol. The molecule has 1 aromatic carbocycles. The topological polar surface area (TPSA) is 60.7 Å². The van der Waals surface area contributed by atoms with Gasteiger partial charge in [-0.15, -0.1) is 0 Å². The molecule has 1 aliphatic heterocycles. The molecule has 0 bridgehead atoms. The van der Waals surface area contributed by atoms with Crippen molar-refractivity contribution >= 4 is 39.7 Å². The van der Waals surface area contributed by atoms with E-state index in [1.807, 2.05) is 11.9 Å². The van der Waals surface area contributed by atoms with Crippen LogP contribution in [-0.2, 0) is 0 Å². The van der Waals surface area contributed by atoms with E-state index in [0.717, 1.165) is 68.1 Å².